The standard InChI is InChI=1S/C12H15N3O3/c1-7-11(16)15-9-6-8(2-3-10(9)18-7)12(17)14-5-4-13/h2-3,6-7H,4-5,13H2,1H3,(H,14,17)(H,15,16). The third-order valence-electron chi connectivity index (χ3n) is 2.60. The summed E-state index contributed by atoms with van der Waals surface area (Å²) in [5, 5.41) is 5.35. The van der Waals surface area contributed by atoms with E-state index in [-0.39, 0.29) is 11.8 Å². The molecule has 0 saturated carbocycles. The molecule has 1 aromatic carbocycles. The fourth-order valence-electron chi connectivity index (χ4n) is 1.64. The SMILES string of the molecule is CC1Oc2ccc(C(=O)NCCN)cc2NC1=O. The molecule has 18 heavy (non-hydrogen) atoms. The number of benzene rings is 1. The highest BCUT2D eigenvalue weighted by Gasteiger charge is 2.24. The zero-order chi connectivity index (χ0) is 13.1. The first-order valence-corrected chi connectivity index (χ1v) is 5.71. The molecular weight excluding hydrogens is 234 g/mol. The Labute approximate surface area is 104 Å². The number of nitrogens with one attached hydrogen (secondary N) is 2. The summed E-state index contributed by atoms with van der Waals surface area (Å²) in [6.07, 6.45) is -0.519. The van der Waals surface area contributed by atoms with E-state index in [0.717, 1.165) is 0 Å². The van der Waals surface area contributed by atoms with Gasteiger partial charge in [0, 0.05) is 18.7 Å². The maximum atomic E-state index is 11.7. The summed E-state index contributed by atoms with van der Waals surface area (Å²) < 4.78 is 5.40. The molecule has 0 radical (unpaired) electrons. The van der Waals surface area contributed by atoms with E-state index in [0.29, 0.717) is 30.1 Å². The van der Waals surface area contributed by atoms with Gasteiger partial charge in [-0.1, -0.05) is 0 Å². The number of hydrogen-bond acceptors (Lipinski definition) is 4. The fraction of sp³-hybridized carbons (Fsp3) is 0.333. The molecule has 0 aliphatic carbocycles. The maximum Gasteiger partial charge on any atom is 0.265 e. The number of carbonyl (C=O) groups excluding carboxylic acids is 2. The van der Waals surface area contributed by atoms with Crippen molar-refractivity contribution in [1.29, 1.82) is 0 Å². The topological polar surface area (TPSA) is 93.4 Å². The van der Waals surface area contributed by atoms with Gasteiger partial charge in [-0.2, -0.15) is 0 Å². The van der Waals surface area contributed by atoms with E-state index >= 15 is 0 Å². The molecule has 1 aromatic rings. The van der Waals surface area contributed by atoms with E-state index in [1.165, 1.54) is 0 Å². The number of carbonyl (C=O) groups is 2. The Morgan fingerprint density at radius 2 is 2.33 bits per heavy atom. The van der Waals surface area contributed by atoms with E-state index < -0.39 is 6.10 Å². The molecule has 1 aliphatic rings. The second kappa shape index (κ2) is 5.05. The predicted octanol–water partition coefficient (Wildman–Crippen LogP) is 0.0945. The molecule has 0 spiro atoms. The van der Waals surface area contributed by atoms with Gasteiger partial charge in [-0.3, -0.25) is 9.59 Å². The summed E-state index contributed by atoms with van der Waals surface area (Å²) in [5.41, 5.74) is 6.28. The van der Waals surface area contributed by atoms with Crippen molar-refractivity contribution in [2.75, 3.05) is 18.4 Å². The lowest BCUT2D eigenvalue weighted by molar-refractivity contribution is -0.122. The van der Waals surface area contributed by atoms with Crippen LogP contribution in [0.5, 0.6) is 5.75 Å². The van der Waals surface area contributed by atoms with Gasteiger partial charge in [0.25, 0.3) is 11.8 Å². The molecule has 0 saturated heterocycles. The van der Waals surface area contributed by atoms with E-state index in [9.17, 15) is 9.59 Å². The maximum absolute atomic E-state index is 11.7. The van der Waals surface area contributed by atoms with Gasteiger partial charge < -0.3 is 21.1 Å². The van der Waals surface area contributed by atoms with Gasteiger partial charge >= 0.3 is 0 Å². The number of fused-ring (bicyclic) bond motifs is 1. The molecule has 2 amide bonds. The first-order chi connectivity index (χ1) is 8.61. The minimum atomic E-state index is -0.519. The molecule has 1 heterocycles. The Morgan fingerprint density at radius 3 is 3.06 bits per heavy atom. The Bertz CT molecular complexity index is 487. The van der Waals surface area contributed by atoms with Gasteiger partial charge in [0.1, 0.15) is 5.75 Å². The van der Waals surface area contributed by atoms with Crippen LogP contribution in [0, 0.1) is 0 Å². The average molecular weight is 249 g/mol. The van der Waals surface area contributed by atoms with Gasteiger partial charge in [0.05, 0.1) is 5.69 Å². The molecular formula is C12H15N3O3. The zero-order valence-electron chi connectivity index (χ0n) is 10.0. The number of nitrogens with two attached hydrogens (primary N) is 1. The third-order valence-corrected chi connectivity index (χ3v) is 2.60. The smallest absolute Gasteiger partial charge is 0.265 e. The quantitative estimate of drug-likeness (QED) is 0.708. The summed E-state index contributed by atoms with van der Waals surface area (Å²) in [6.45, 7) is 2.46. The second-order valence-electron chi connectivity index (χ2n) is 4.00. The van der Waals surface area contributed by atoms with Crippen LogP contribution in [0.3, 0.4) is 0 Å². The van der Waals surface area contributed by atoms with E-state index in [1.54, 1.807) is 25.1 Å². The van der Waals surface area contributed by atoms with Gasteiger partial charge in [0.15, 0.2) is 6.10 Å². The molecule has 0 aromatic heterocycles. The molecule has 1 atom stereocenters. The summed E-state index contributed by atoms with van der Waals surface area (Å²) in [5.74, 6) is 0.121. The van der Waals surface area contributed by atoms with Gasteiger partial charge in [-0.25, -0.2) is 0 Å². The van der Waals surface area contributed by atoms with Crippen LogP contribution < -0.4 is 21.1 Å². The first kappa shape index (κ1) is 12.4. The van der Waals surface area contributed by atoms with Gasteiger partial charge in [0.2, 0.25) is 0 Å². The van der Waals surface area contributed by atoms with E-state index in [4.69, 9.17) is 10.5 Å². The molecule has 1 aliphatic heterocycles. The van der Waals surface area contributed by atoms with Crippen molar-refractivity contribution in [2.24, 2.45) is 5.73 Å². The first-order valence-electron chi connectivity index (χ1n) is 5.71. The lowest BCUT2D eigenvalue weighted by Crippen LogP contribution is -2.34. The Kier molecular flexibility index (Phi) is 3.47. The van der Waals surface area contributed by atoms with Crippen molar-refractivity contribution < 1.29 is 14.3 Å². The molecule has 96 valence electrons. The lowest BCUT2D eigenvalue weighted by Gasteiger charge is -2.23. The highest BCUT2D eigenvalue weighted by molar-refractivity contribution is 6.00. The molecule has 6 nitrogen and oxygen atoms in total. The summed E-state index contributed by atoms with van der Waals surface area (Å²) in [4.78, 5) is 23.2. The largest absolute Gasteiger partial charge is 0.479 e. The molecule has 4 N–H and O–H groups in total. The second-order valence-corrected chi connectivity index (χ2v) is 4.00. The third kappa shape index (κ3) is 2.43. The lowest BCUT2D eigenvalue weighted by atomic mass is 10.1. The Hall–Kier alpha value is -2.08. The normalized spacial score (nSPS) is 17.4. The number of hydrogen-bond donors (Lipinski definition) is 3. The summed E-state index contributed by atoms with van der Waals surface area (Å²) in [7, 11) is 0. The van der Waals surface area contributed by atoms with Crippen molar-refractivity contribution >= 4 is 17.5 Å². The molecule has 6 heteroatoms. The van der Waals surface area contributed by atoms with Crippen molar-refractivity contribution in [3.63, 3.8) is 0 Å². The molecule has 2 rings (SSSR count). The Balaban J connectivity index is 2.19. The van der Waals surface area contributed by atoms with Crippen molar-refractivity contribution in [3.8, 4) is 5.75 Å². The van der Waals surface area contributed by atoms with Crippen molar-refractivity contribution in [1.82, 2.24) is 5.32 Å². The van der Waals surface area contributed by atoms with Crippen LogP contribution in [-0.4, -0.2) is 31.0 Å². The van der Waals surface area contributed by atoms with Crippen LogP contribution in [0.4, 0.5) is 5.69 Å². The summed E-state index contributed by atoms with van der Waals surface area (Å²) >= 11 is 0. The van der Waals surface area contributed by atoms with Gasteiger partial charge in [-0.15, -0.1) is 0 Å². The Morgan fingerprint density at radius 1 is 1.56 bits per heavy atom. The van der Waals surface area contributed by atoms with E-state index in [1.807, 2.05) is 0 Å². The number of anilines is 1. The number of amides is 2. The highest BCUT2D eigenvalue weighted by atomic mass is 16.5. The fourth-order valence-corrected chi connectivity index (χ4v) is 1.64. The van der Waals surface area contributed by atoms with Crippen LogP contribution in [0.2, 0.25) is 0 Å². The summed E-state index contributed by atoms with van der Waals surface area (Å²) in [6, 6.07) is 4.91. The number of rotatable bonds is 3. The van der Waals surface area contributed by atoms with E-state index in [2.05, 4.69) is 10.6 Å². The van der Waals surface area contributed by atoms with Crippen LogP contribution in [0.1, 0.15) is 17.3 Å². The zero-order valence-corrected chi connectivity index (χ0v) is 10.0. The van der Waals surface area contributed by atoms with Crippen molar-refractivity contribution in [2.45, 2.75) is 13.0 Å². The van der Waals surface area contributed by atoms with Gasteiger partial charge in [-0.05, 0) is 25.1 Å². The van der Waals surface area contributed by atoms with Crippen LogP contribution in [0.15, 0.2) is 18.2 Å². The van der Waals surface area contributed by atoms with Crippen LogP contribution in [-0.2, 0) is 4.79 Å². The average Bonchev–Trinajstić information content (AvgIpc) is 2.36. The molecule has 1 unspecified atom stereocenters. The molecule has 0 bridgehead atoms. The highest BCUT2D eigenvalue weighted by Crippen LogP contribution is 2.30. The van der Waals surface area contributed by atoms with Crippen LogP contribution >= 0.6 is 0 Å². The number of ether oxygens (including phenoxy) is 1. The molecule has 0 fully saturated rings. The monoisotopic (exact) mass is 249 g/mol. The van der Waals surface area contributed by atoms with Crippen LogP contribution in [0.25, 0.3) is 0 Å². The minimum Gasteiger partial charge on any atom is -0.479 e. The van der Waals surface area contributed by atoms with Crippen molar-refractivity contribution in [3.05, 3.63) is 23.8 Å². The predicted molar refractivity (Wildman–Crippen MR) is 66.5 cm³/mol. The minimum absolute atomic E-state index is 0.220.